The summed E-state index contributed by atoms with van der Waals surface area (Å²) in [4.78, 5) is 25.1. The Labute approximate surface area is 188 Å². The Morgan fingerprint density at radius 1 is 0.871 bits per heavy atom. The second-order valence-electron chi connectivity index (χ2n) is 6.87. The van der Waals surface area contributed by atoms with Crippen molar-refractivity contribution in [3.05, 3.63) is 99.4 Å². The average molecular weight is 532 g/mol. The number of benzene rings is 3. The zero-order chi connectivity index (χ0) is 21.8. The van der Waals surface area contributed by atoms with Crippen LogP contribution in [-0.2, 0) is 31.5 Å². The van der Waals surface area contributed by atoms with Crippen molar-refractivity contribution < 1.29 is 28.2 Å². The van der Waals surface area contributed by atoms with Crippen LogP contribution < -0.4 is 4.74 Å². The predicted octanol–water partition coefficient (Wildman–Crippen LogP) is 4.69. The van der Waals surface area contributed by atoms with Gasteiger partial charge >= 0.3 is 11.9 Å². The molecule has 0 amide bonds. The largest absolute Gasteiger partial charge is 0.489 e. The fourth-order valence-corrected chi connectivity index (χ4v) is 4.94. The molecule has 5 nitrogen and oxygen atoms in total. The smallest absolute Gasteiger partial charge is 0.355 e. The third kappa shape index (κ3) is 4.99. The Balaban J connectivity index is 1.46. The third-order valence-corrected chi connectivity index (χ3v) is 7.33. The fourth-order valence-electron chi connectivity index (χ4n) is 2.94. The van der Waals surface area contributed by atoms with Gasteiger partial charge in [-0.2, -0.15) is 0 Å². The van der Waals surface area contributed by atoms with Crippen LogP contribution in [0.1, 0.15) is 18.1 Å². The Bertz CT molecular complexity index is 1100. The van der Waals surface area contributed by atoms with Crippen molar-refractivity contribution in [1.82, 2.24) is 0 Å². The Kier molecular flexibility index (Phi) is 6.13. The number of cyclic esters (lactones) is 2. The van der Waals surface area contributed by atoms with Gasteiger partial charge in [0.1, 0.15) is 18.2 Å². The molecule has 0 radical (unpaired) electrons. The number of rotatable bonds is 5. The van der Waals surface area contributed by atoms with E-state index in [-0.39, 0.29) is 3.51 Å². The molecule has 0 aliphatic carbocycles. The lowest BCUT2D eigenvalue weighted by Gasteiger charge is -2.33. The van der Waals surface area contributed by atoms with Crippen molar-refractivity contribution in [2.24, 2.45) is 0 Å². The molecule has 0 bridgehead atoms. The molecule has 1 aliphatic heterocycles. The highest BCUT2D eigenvalue weighted by Crippen LogP contribution is 2.33. The van der Waals surface area contributed by atoms with Crippen LogP contribution in [0.15, 0.2) is 78.9 Å². The summed E-state index contributed by atoms with van der Waals surface area (Å²) in [7, 11) is 0. The molecular weight excluding hydrogens is 514 g/mol. The summed E-state index contributed by atoms with van der Waals surface area (Å²) in [5.41, 5.74) is 1.44. The highest BCUT2D eigenvalue weighted by molar-refractivity contribution is 14.2. The number of ether oxygens (including phenoxy) is 3. The van der Waals surface area contributed by atoms with E-state index in [1.165, 1.54) is 31.2 Å². The van der Waals surface area contributed by atoms with Crippen LogP contribution in [0.5, 0.6) is 5.75 Å². The topological polar surface area (TPSA) is 61.8 Å². The first-order valence-electron chi connectivity index (χ1n) is 9.44. The molecule has 1 fully saturated rings. The standard InChI is InChI=1S/C24H18FIO5/c1-24(17-7-9-18(25)10-8-17)30-22(27)21(23(28)31-24)26-19-11-13-20(14-12-19)29-15-16-5-3-2-4-6-16/h2-14H,15H2,1H3. The van der Waals surface area contributed by atoms with Gasteiger partial charge in [0.25, 0.3) is 5.79 Å². The molecular formula is C24H18FIO5. The van der Waals surface area contributed by atoms with E-state index >= 15 is 0 Å². The molecule has 1 aliphatic rings. The third-order valence-electron chi connectivity index (χ3n) is 4.57. The van der Waals surface area contributed by atoms with E-state index in [1.807, 2.05) is 42.5 Å². The van der Waals surface area contributed by atoms with Gasteiger partial charge < -0.3 is 14.2 Å². The SMILES string of the molecule is CC1(c2ccc(F)cc2)OC(=O)C(=Ic2ccc(OCc3ccccc3)cc2)C(=O)O1. The van der Waals surface area contributed by atoms with Crippen LogP contribution >= 0.6 is 20.7 Å². The van der Waals surface area contributed by atoms with Gasteiger partial charge in [0.05, 0.1) is 0 Å². The van der Waals surface area contributed by atoms with Gasteiger partial charge in [-0.15, -0.1) is 0 Å². The molecule has 1 saturated heterocycles. The number of esters is 2. The van der Waals surface area contributed by atoms with Crippen molar-refractivity contribution in [2.45, 2.75) is 19.3 Å². The average Bonchev–Trinajstić information content (AvgIpc) is 2.77. The first-order valence-corrected chi connectivity index (χ1v) is 11.6. The van der Waals surface area contributed by atoms with E-state index in [9.17, 15) is 14.0 Å². The number of carbonyl (C=O) groups excluding carboxylic acids is 2. The molecule has 3 aromatic carbocycles. The molecule has 7 heteroatoms. The van der Waals surface area contributed by atoms with Gasteiger partial charge in [-0.1, -0.05) is 51.1 Å². The maximum atomic E-state index is 13.2. The van der Waals surface area contributed by atoms with Gasteiger partial charge in [-0.3, -0.25) is 0 Å². The van der Waals surface area contributed by atoms with Crippen LogP contribution in [0.2, 0.25) is 0 Å². The van der Waals surface area contributed by atoms with Crippen molar-refractivity contribution in [3.63, 3.8) is 0 Å². The number of halogens is 2. The Morgan fingerprint density at radius 2 is 1.48 bits per heavy atom. The molecule has 0 atom stereocenters. The second kappa shape index (κ2) is 8.97. The number of carbonyl (C=O) groups is 2. The van der Waals surface area contributed by atoms with Gasteiger partial charge in [0.2, 0.25) is 0 Å². The van der Waals surface area contributed by atoms with Crippen LogP contribution in [0.25, 0.3) is 0 Å². The number of hydrogen-bond donors (Lipinski definition) is 0. The quantitative estimate of drug-likeness (QED) is 0.353. The fraction of sp³-hybridized carbons (Fsp3) is 0.125. The summed E-state index contributed by atoms with van der Waals surface area (Å²) in [6.45, 7) is 1.91. The monoisotopic (exact) mass is 532 g/mol. The summed E-state index contributed by atoms with van der Waals surface area (Å²) in [5.74, 6) is -2.74. The molecule has 0 aromatic heterocycles. The van der Waals surface area contributed by atoms with Crippen molar-refractivity contribution in [2.75, 3.05) is 0 Å². The summed E-state index contributed by atoms with van der Waals surface area (Å²) in [6.07, 6.45) is 0. The zero-order valence-electron chi connectivity index (χ0n) is 16.5. The van der Waals surface area contributed by atoms with Gasteiger partial charge in [0, 0.05) is 16.1 Å². The van der Waals surface area contributed by atoms with Crippen LogP contribution in [-0.4, -0.2) is 15.4 Å². The zero-order valence-corrected chi connectivity index (χ0v) is 18.7. The molecule has 31 heavy (non-hydrogen) atoms. The van der Waals surface area contributed by atoms with Crippen LogP contribution in [0.4, 0.5) is 4.39 Å². The van der Waals surface area contributed by atoms with E-state index in [4.69, 9.17) is 14.2 Å². The Morgan fingerprint density at radius 3 is 2.10 bits per heavy atom. The minimum absolute atomic E-state index is 0.0105. The molecule has 3 aromatic rings. The van der Waals surface area contributed by atoms with E-state index < -0.39 is 44.3 Å². The first-order chi connectivity index (χ1) is 14.9. The van der Waals surface area contributed by atoms with E-state index in [1.54, 1.807) is 12.1 Å². The lowest BCUT2D eigenvalue weighted by molar-refractivity contribution is -0.225. The van der Waals surface area contributed by atoms with Gasteiger partial charge in [0.15, 0.2) is 3.51 Å². The normalized spacial score (nSPS) is 18.3. The summed E-state index contributed by atoms with van der Waals surface area (Å²) in [6, 6.07) is 22.4. The summed E-state index contributed by atoms with van der Waals surface area (Å²) >= 11 is -1.11. The minimum atomic E-state index is -1.58. The second-order valence-corrected chi connectivity index (χ2v) is 9.73. The van der Waals surface area contributed by atoms with Crippen molar-refractivity contribution in [1.29, 1.82) is 0 Å². The summed E-state index contributed by atoms with van der Waals surface area (Å²) in [5, 5.41) is 0. The van der Waals surface area contributed by atoms with Crippen molar-refractivity contribution in [3.8, 4) is 5.75 Å². The summed E-state index contributed by atoms with van der Waals surface area (Å²) < 4.78 is 30.6. The highest BCUT2D eigenvalue weighted by atomic mass is 127. The van der Waals surface area contributed by atoms with E-state index in [0.29, 0.717) is 17.9 Å². The maximum Gasteiger partial charge on any atom is 0.355 e. The minimum Gasteiger partial charge on any atom is -0.489 e. The lowest BCUT2D eigenvalue weighted by atomic mass is 10.1. The molecule has 4 rings (SSSR count). The molecule has 0 N–H and O–H groups in total. The van der Waals surface area contributed by atoms with E-state index in [2.05, 4.69) is 0 Å². The van der Waals surface area contributed by atoms with Gasteiger partial charge in [-0.05, 0) is 54.1 Å². The van der Waals surface area contributed by atoms with Crippen molar-refractivity contribution >= 4 is 36.2 Å². The van der Waals surface area contributed by atoms with E-state index in [0.717, 1.165) is 9.13 Å². The van der Waals surface area contributed by atoms with Crippen LogP contribution in [0.3, 0.4) is 0 Å². The first kappa shape index (κ1) is 21.2. The maximum absolute atomic E-state index is 13.2. The molecule has 0 spiro atoms. The predicted molar refractivity (Wildman–Crippen MR) is 121 cm³/mol. The molecule has 0 saturated carbocycles. The number of hydrogen-bond acceptors (Lipinski definition) is 5. The van der Waals surface area contributed by atoms with Gasteiger partial charge in [-0.25, -0.2) is 14.0 Å². The molecule has 0 unspecified atom stereocenters. The van der Waals surface area contributed by atoms with Crippen LogP contribution in [0, 0.1) is 9.39 Å². The lowest BCUT2D eigenvalue weighted by Crippen LogP contribution is -2.46. The Hall–Kier alpha value is -3.07. The highest BCUT2D eigenvalue weighted by Gasteiger charge is 2.44. The molecule has 158 valence electrons. The molecule has 1 heterocycles.